The largest absolute Gasteiger partial charge is 0.514 e. The molecule has 0 heterocycles. The molecule has 214 valence electrons. The Morgan fingerprint density at radius 1 is 0.789 bits per heavy atom. The minimum Gasteiger partial charge on any atom is -0.480 e. The second-order valence-electron chi connectivity index (χ2n) is 9.77. The summed E-state index contributed by atoms with van der Waals surface area (Å²) in [6.07, 6.45) is -4.78. The van der Waals surface area contributed by atoms with E-state index in [2.05, 4.69) is 0 Å². The van der Waals surface area contributed by atoms with Gasteiger partial charge in [0.15, 0.2) is 11.5 Å². The van der Waals surface area contributed by atoms with Crippen LogP contribution in [0, 0.1) is 11.8 Å². The number of rotatable bonds is 12. The second-order valence-corrected chi connectivity index (χ2v) is 9.77. The lowest BCUT2D eigenvalue weighted by atomic mass is 9.79. The molecule has 0 saturated heterocycles. The molecule has 1 rings (SSSR count). The number of benzene rings is 1. The summed E-state index contributed by atoms with van der Waals surface area (Å²) >= 11 is 0. The molecule has 3 unspecified atom stereocenters. The Balaban J connectivity index is 3.39. The van der Waals surface area contributed by atoms with Gasteiger partial charge in [-0.2, -0.15) is 0 Å². The molecule has 1 aromatic carbocycles. The van der Waals surface area contributed by atoms with Crippen molar-refractivity contribution in [2.45, 2.75) is 85.7 Å². The van der Waals surface area contributed by atoms with Gasteiger partial charge < -0.3 is 39.3 Å². The third-order valence-corrected chi connectivity index (χ3v) is 5.20. The van der Waals surface area contributed by atoms with Crippen molar-refractivity contribution in [2.24, 2.45) is 17.6 Å². The molecule has 1 aromatic rings. The van der Waals surface area contributed by atoms with Crippen molar-refractivity contribution >= 4 is 24.4 Å². The van der Waals surface area contributed by atoms with E-state index in [0.29, 0.717) is 5.56 Å². The Bertz CT molecular complexity index is 961. The molecule has 3 N–H and O–H groups in total. The molecule has 0 amide bonds. The number of ether oxygens (including phenoxy) is 6. The SMILES string of the molecule is CC(C)COC(=O)OC(C)C(C)C(c1ccc(OC(=O)OC(C)C)c(OC(=O)OC(C)C)c1)[C@H](N)C(=O)O. The number of aliphatic carboxylic acids is 1. The highest BCUT2D eigenvalue weighted by atomic mass is 16.8. The highest BCUT2D eigenvalue weighted by Crippen LogP contribution is 2.37. The lowest BCUT2D eigenvalue weighted by Gasteiger charge is -2.31. The molecule has 0 spiro atoms. The molecule has 12 heteroatoms. The maximum atomic E-state index is 12.2. The molecule has 0 bridgehead atoms. The number of hydrogen-bond donors (Lipinski definition) is 2. The maximum Gasteiger partial charge on any atom is 0.514 e. The molecule has 0 saturated carbocycles. The van der Waals surface area contributed by atoms with Gasteiger partial charge in [0.25, 0.3) is 0 Å². The van der Waals surface area contributed by atoms with Crippen LogP contribution in [-0.2, 0) is 23.7 Å². The number of carbonyl (C=O) groups excluding carboxylic acids is 3. The first-order valence-electron chi connectivity index (χ1n) is 12.3. The van der Waals surface area contributed by atoms with Crippen LogP contribution in [0.15, 0.2) is 18.2 Å². The zero-order chi connectivity index (χ0) is 29.2. The zero-order valence-electron chi connectivity index (χ0n) is 23.1. The van der Waals surface area contributed by atoms with Gasteiger partial charge in [-0.15, -0.1) is 0 Å². The smallest absolute Gasteiger partial charge is 0.480 e. The quantitative estimate of drug-likeness (QED) is 0.209. The fourth-order valence-corrected chi connectivity index (χ4v) is 3.32. The van der Waals surface area contributed by atoms with Gasteiger partial charge in [-0.3, -0.25) is 4.79 Å². The van der Waals surface area contributed by atoms with Crippen LogP contribution in [-0.4, -0.2) is 60.5 Å². The molecule has 0 fully saturated rings. The summed E-state index contributed by atoms with van der Waals surface area (Å²) in [7, 11) is 0. The molecule has 38 heavy (non-hydrogen) atoms. The number of nitrogens with two attached hydrogens (primary N) is 1. The van der Waals surface area contributed by atoms with Gasteiger partial charge in [-0.1, -0.05) is 26.8 Å². The van der Waals surface area contributed by atoms with Crippen molar-refractivity contribution in [1.29, 1.82) is 0 Å². The van der Waals surface area contributed by atoms with Crippen LogP contribution in [0.5, 0.6) is 11.5 Å². The van der Waals surface area contributed by atoms with Crippen LogP contribution in [0.2, 0.25) is 0 Å². The number of carboxylic acids is 1. The third-order valence-electron chi connectivity index (χ3n) is 5.20. The molecule has 0 aliphatic rings. The number of carboxylic acid groups (broad SMARTS) is 1. The van der Waals surface area contributed by atoms with Crippen molar-refractivity contribution in [2.75, 3.05) is 6.61 Å². The number of carbonyl (C=O) groups is 4. The number of hydrogen-bond acceptors (Lipinski definition) is 11. The molecule has 0 aromatic heterocycles. The molecule has 4 atom stereocenters. The summed E-state index contributed by atoms with van der Waals surface area (Å²) in [4.78, 5) is 48.3. The van der Waals surface area contributed by atoms with E-state index in [1.165, 1.54) is 18.2 Å². The van der Waals surface area contributed by atoms with E-state index in [0.717, 1.165) is 0 Å². The van der Waals surface area contributed by atoms with Crippen LogP contribution in [0.3, 0.4) is 0 Å². The first-order chi connectivity index (χ1) is 17.6. The highest BCUT2D eigenvalue weighted by molar-refractivity contribution is 5.75. The molecular formula is C26H39NO11. The van der Waals surface area contributed by atoms with Gasteiger partial charge in [0, 0.05) is 11.8 Å². The van der Waals surface area contributed by atoms with Crippen molar-refractivity contribution in [1.82, 2.24) is 0 Å². The van der Waals surface area contributed by atoms with E-state index >= 15 is 0 Å². The predicted molar refractivity (Wildman–Crippen MR) is 135 cm³/mol. The first kappa shape index (κ1) is 32.5. The predicted octanol–water partition coefficient (Wildman–Crippen LogP) is 4.86. The van der Waals surface area contributed by atoms with Crippen LogP contribution in [0.1, 0.15) is 66.9 Å². The minimum absolute atomic E-state index is 0.0998. The fourth-order valence-electron chi connectivity index (χ4n) is 3.32. The maximum absolute atomic E-state index is 12.2. The van der Waals surface area contributed by atoms with Gasteiger partial charge in [-0.05, 0) is 58.2 Å². The highest BCUT2D eigenvalue weighted by Gasteiger charge is 2.36. The van der Waals surface area contributed by atoms with E-state index < -0.39 is 60.6 Å². The van der Waals surface area contributed by atoms with Gasteiger partial charge in [-0.25, -0.2) is 14.4 Å². The monoisotopic (exact) mass is 541 g/mol. The minimum atomic E-state index is -1.43. The summed E-state index contributed by atoms with van der Waals surface area (Å²) in [6, 6.07) is 2.65. The first-order valence-corrected chi connectivity index (χ1v) is 12.3. The van der Waals surface area contributed by atoms with E-state index in [1.54, 1.807) is 41.5 Å². The van der Waals surface area contributed by atoms with Crippen LogP contribution >= 0.6 is 0 Å². The Morgan fingerprint density at radius 2 is 1.32 bits per heavy atom. The lowest BCUT2D eigenvalue weighted by Crippen LogP contribution is -2.42. The Labute approximate surface area is 222 Å². The van der Waals surface area contributed by atoms with Crippen LogP contribution in [0.4, 0.5) is 14.4 Å². The summed E-state index contributed by atoms with van der Waals surface area (Å²) < 4.78 is 30.8. The summed E-state index contributed by atoms with van der Waals surface area (Å²) in [5.41, 5.74) is 6.36. The lowest BCUT2D eigenvalue weighted by molar-refractivity contribution is -0.139. The van der Waals surface area contributed by atoms with E-state index in [1.807, 2.05) is 13.8 Å². The van der Waals surface area contributed by atoms with Crippen LogP contribution < -0.4 is 15.2 Å². The fraction of sp³-hybridized carbons (Fsp3) is 0.615. The van der Waals surface area contributed by atoms with E-state index in [4.69, 9.17) is 34.2 Å². The molecule has 0 radical (unpaired) electrons. The Hall–Kier alpha value is -3.54. The van der Waals surface area contributed by atoms with Gasteiger partial charge >= 0.3 is 24.4 Å². The van der Waals surface area contributed by atoms with Gasteiger partial charge in [0.2, 0.25) is 0 Å². The third kappa shape index (κ3) is 10.8. The van der Waals surface area contributed by atoms with Crippen molar-refractivity contribution in [3.8, 4) is 11.5 Å². The van der Waals surface area contributed by atoms with Crippen molar-refractivity contribution in [3.05, 3.63) is 23.8 Å². The summed E-state index contributed by atoms with van der Waals surface area (Å²) in [6.45, 7) is 13.6. The van der Waals surface area contributed by atoms with Gasteiger partial charge in [0.05, 0.1) is 18.8 Å². The standard InChI is InChI=1S/C26H39NO11/c1-13(2)12-33-24(30)36-17(8)16(7)21(22(27)23(28)29)18-9-10-19(37-25(31)34-14(3)4)20(11-18)38-26(32)35-15(5)6/h9-11,13-17,21-22H,12,27H2,1-8H3,(H,28,29)/t16?,17?,21?,22-/m0/s1. The summed E-state index contributed by atoms with van der Waals surface area (Å²) in [5, 5.41) is 9.69. The molecule has 0 aliphatic heterocycles. The Kier molecular flexibility index (Phi) is 12.8. The zero-order valence-corrected chi connectivity index (χ0v) is 23.1. The van der Waals surface area contributed by atoms with Gasteiger partial charge in [0.1, 0.15) is 12.1 Å². The molecule has 12 nitrogen and oxygen atoms in total. The van der Waals surface area contributed by atoms with E-state index in [-0.39, 0.29) is 24.0 Å². The average Bonchev–Trinajstić information content (AvgIpc) is 2.78. The topological polar surface area (TPSA) is 170 Å². The van der Waals surface area contributed by atoms with Crippen molar-refractivity contribution in [3.63, 3.8) is 0 Å². The second kappa shape index (κ2) is 15.0. The molecular weight excluding hydrogens is 502 g/mol. The average molecular weight is 542 g/mol. The molecule has 0 aliphatic carbocycles. The van der Waals surface area contributed by atoms with Crippen LogP contribution in [0.25, 0.3) is 0 Å². The summed E-state index contributed by atoms with van der Waals surface area (Å²) in [5.74, 6) is -3.17. The Morgan fingerprint density at radius 3 is 1.79 bits per heavy atom. The van der Waals surface area contributed by atoms with Crippen molar-refractivity contribution < 1.29 is 52.7 Å². The normalized spacial score (nSPS) is 14.3. The van der Waals surface area contributed by atoms with E-state index in [9.17, 15) is 24.3 Å².